The highest BCUT2D eigenvalue weighted by atomic mass is 32.1. The van der Waals surface area contributed by atoms with Crippen molar-refractivity contribution in [2.24, 2.45) is 0 Å². The molecule has 106 valence electrons. The van der Waals surface area contributed by atoms with E-state index < -0.39 is 5.97 Å². The maximum absolute atomic E-state index is 10.4. The van der Waals surface area contributed by atoms with E-state index in [4.69, 9.17) is 14.6 Å². The lowest BCUT2D eigenvalue weighted by atomic mass is 10.4. The normalized spacial score (nSPS) is 11.2. The van der Waals surface area contributed by atoms with Crippen LogP contribution < -0.4 is 0 Å². The predicted molar refractivity (Wildman–Crippen MR) is 76.4 cm³/mol. The van der Waals surface area contributed by atoms with Gasteiger partial charge in [-0.15, -0.1) is 11.3 Å². The van der Waals surface area contributed by atoms with Gasteiger partial charge in [-0.1, -0.05) is 13.3 Å². The number of ether oxygens (including phenoxy) is 2. The Hall–Kier alpha value is -1.17. The van der Waals surface area contributed by atoms with Gasteiger partial charge in [0.2, 0.25) is 0 Å². The largest absolute Gasteiger partial charge is 0.478 e. The summed E-state index contributed by atoms with van der Waals surface area (Å²) in [5, 5.41) is 8.52. The standard InChI is InChI=1S/C14H20O4S/c1-2-3-8-17-9-10-18-11-13-5-4-12(19-13)6-7-14(15)16/h4-7H,2-3,8-11H2,1H3,(H,15,16). The molecular weight excluding hydrogens is 264 g/mol. The molecule has 5 heteroatoms. The zero-order valence-corrected chi connectivity index (χ0v) is 11.9. The zero-order valence-electron chi connectivity index (χ0n) is 11.1. The molecule has 1 aromatic heterocycles. The van der Waals surface area contributed by atoms with Gasteiger partial charge in [0, 0.05) is 22.4 Å². The minimum Gasteiger partial charge on any atom is -0.478 e. The average Bonchev–Trinajstić information content (AvgIpc) is 2.83. The number of hydrogen-bond donors (Lipinski definition) is 1. The van der Waals surface area contributed by atoms with Crippen LogP contribution in [0.3, 0.4) is 0 Å². The van der Waals surface area contributed by atoms with Gasteiger partial charge in [-0.3, -0.25) is 0 Å². The minimum atomic E-state index is -0.935. The molecule has 0 spiro atoms. The van der Waals surface area contributed by atoms with Gasteiger partial charge < -0.3 is 14.6 Å². The number of carboxylic acid groups (broad SMARTS) is 1. The van der Waals surface area contributed by atoms with Gasteiger partial charge in [-0.25, -0.2) is 4.79 Å². The van der Waals surface area contributed by atoms with Crippen LogP contribution >= 0.6 is 11.3 Å². The fourth-order valence-corrected chi connectivity index (χ4v) is 2.21. The summed E-state index contributed by atoms with van der Waals surface area (Å²) in [5.41, 5.74) is 0. The van der Waals surface area contributed by atoms with Crippen LogP contribution in [-0.4, -0.2) is 30.9 Å². The van der Waals surface area contributed by atoms with Crippen molar-refractivity contribution in [1.82, 2.24) is 0 Å². The van der Waals surface area contributed by atoms with Gasteiger partial charge in [0.15, 0.2) is 0 Å². The first-order chi connectivity index (χ1) is 9.22. The topological polar surface area (TPSA) is 55.8 Å². The van der Waals surface area contributed by atoms with E-state index in [-0.39, 0.29) is 0 Å². The van der Waals surface area contributed by atoms with Crippen LogP contribution in [0.25, 0.3) is 6.08 Å². The van der Waals surface area contributed by atoms with Gasteiger partial charge in [-0.2, -0.15) is 0 Å². The van der Waals surface area contributed by atoms with E-state index in [1.807, 2.05) is 12.1 Å². The van der Waals surface area contributed by atoms with Gasteiger partial charge in [0.05, 0.1) is 19.8 Å². The Labute approximate surface area is 117 Å². The fraction of sp³-hybridized carbons (Fsp3) is 0.500. The first kappa shape index (κ1) is 15.9. The molecule has 0 aliphatic rings. The highest BCUT2D eigenvalue weighted by molar-refractivity contribution is 7.12. The summed E-state index contributed by atoms with van der Waals surface area (Å²) in [4.78, 5) is 12.4. The maximum atomic E-state index is 10.4. The lowest BCUT2D eigenvalue weighted by Gasteiger charge is -2.03. The van der Waals surface area contributed by atoms with Crippen LogP contribution in [0, 0.1) is 0 Å². The molecule has 1 N–H and O–H groups in total. The van der Waals surface area contributed by atoms with E-state index in [2.05, 4.69) is 6.92 Å². The van der Waals surface area contributed by atoms with E-state index in [1.54, 1.807) is 6.08 Å². The summed E-state index contributed by atoms with van der Waals surface area (Å²) in [7, 11) is 0. The van der Waals surface area contributed by atoms with Crippen molar-refractivity contribution in [2.45, 2.75) is 26.4 Å². The fourth-order valence-electron chi connectivity index (χ4n) is 1.35. The van der Waals surface area contributed by atoms with Crippen molar-refractivity contribution >= 4 is 23.4 Å². The van der Waals surface area contributed by atoms with Crippen LogP contribution in [0.1, 0.15) is 29.5 Å². The third-order valence-corrected chi connectivity index (χ3v) is 3.36. The Bertz CT molecular complexity index is 398. The molecule has 0 saturated heterocycles. The van der Waals surface area contributed by atoms with E-state index in [0.29, 0.717) is 19.8 Å². The lowest BCUT2D eigenvalue weighted by molar-refractivity contribution is -0.131. The molecule has 0 unspecified atom stereocenters. The first-order valence-electron chi connectivity index (χ1n) is 6.37. The quantitative estimate of drug-likeness (QED) is 0.529. The van der Waals surface area contributed by atoms with Gasteiger partial charge >= 0.3 is 5.97 Å². The van der Waals surface area contributed by atoms with Crippen LogP contribution in [0.15, 0.2) is 18.2 Å². The van der Waals surface area contributed by atoms with Gasteiger partial charge in [0.25, 0.3) is 0 Å². The average molecular weight is 284 g/mol. The molecule has 19 heavy (non-hydrogen) atoms. The summed E-state index contributed by atoms with van der Waals surface area (Å²) in [6, 6.07) is 3.84. The second-order valence-electron chi connectivity index (χ2n) is 3.99. The zero-order chi connectivity index (χ0) is 13.9. The second kappa shape index (κ2) is 9.72. The number of hydrogen-bond acceptors (Lipinski definition) is 4. The number of unbranched alkanes of at least 4 members (excludes halogenated alkanes) is 1. The predicted octanol–water partition coefficient (Wildman–Crippen LogP) is 3.18. The van der Waals surface area contributed by atoms with Crippen LogP contribution in [-0.2, 0) is 20.9 Å². The van der Waals surface area contributed by atoms with Crippen molar-refractivity contribution in [3.63, 3.8) is 0 Å². The number of carboxylic acids is 1. The van der Waals surface area contributed by atoms with Crippen molar-refractivity contribution in [1.29, 1.82) is 0 Å². The SMILES string of the molecule is CCCCOCCOCc1ccc(C=CC(=O)O)s1. The maximum Gasteiger partial charge on any atom is 0.328 e. The van der Waals surface area contributed by atoms with E-state index >= 15 is 0 Å². The van der Waals surface area contributed by atoms with Crippen LogP contribution in [0.4, 0.5) is 0 Å². The van der Waals surface area contributed by atoms with Crippen molar-refractivity contribution < 1.29 is 19.4 Å². The van der Waals surface area contributed by atoms with Crippen molar-refractivity contribution in [3.05, 3.63) is 28.0 Å². The van der Waals surface area contributed by atoms with E-state index in [9.17, 15) is 4.79 Å². The Balaban J connectivity index is 2.14. The number of aliphatic carboxylic acids is 1. The molecule has 0 atom stereocenters. The van der Waals surface area contributed by atoms with E-state index in [0.717, 1.165) is 35.3 Å². The van der Waals surface area contributed by atoms with Crippen LogP contribution in [0.2, 0.25) is 0 Å². The van der Waals surface area contributed by atoms with Crippen LogP contribution in [0.5, 0.6) is 0 Å². The number of thiophene rings is 1. The Morgan fingerprint density at radius 1 is 1.32 bits per heavy atom. The molecule has 0 aromatic carbocycles. The van der Waals surface area contributed by atoms with Gasteiger partial charge in [-0.05, 0) is 24.6 Å². The third-order valence-electron chi connectivity index (χ3n) is 2.33. The molecule has 0 saturated carbocycles. The Morgan fingerprint density at radius 3 is 2.84 bits per heavy atom. The van der Waals surface area contributed by atoms with E-state index in [1.165, 1.54) is 11.3 Å². The molecule has 0 fully saturated rings. The molecule has 1 heterocycles. The summed E-state index contributed by atoms with van der Waals surface area (Å²) >= 11 is 1.53. The molecule has 0 radical (unpaired) electrons. The van der Waals surface area contributed by atoms with Crippen molar-refractivity contribution in [2.75, 3.05) is 19.8 Å². The first-order valence-corrected chi connectivity index (χ1v) is 7.19. The third kappa shape index (κ3) is 7.77. The molecule has 0 aliphatic carbocycles. The minimum absolute atomic E-state index is 0.544. The lowest BCUT2D eigenvalue weighted by Crippen LogP contribution is -2.04. The summed E-state index contributed by atoms with van der Waals surface area (Å²) in [5.74, 6) is -0.935. The monoisotopic (exact) mass is 284 g/mol. The molecular formula is C14H20O4S. The molecule has 0 amide bonds. The smallest absolute Gasteiger partial charge is 0.328 e. The Kier molecular flexibility index (Phi) is 8.13. The molecule has 1 aromatic rings. The molecule has 4 nitrogen and oxygen atoms in total. The molecule has 1 rings (SSSR count). The highest BCUT2D eigenvalue weighted by Gasteiger charge is 1.99. The summed E-state index contributed by atoms with van der Waals surface area (Å²) < 4.78 is 10.9. The number of rotatable bonds is 10. The Morgan fingerprint density at radius 2 is 2.11 bits per heavy atom. The molecule has 0 aliphatic heterocycles. The van der Waals surface area contributed by atoms with Crippen molar-refractivity contribution in [3.8, 4) is 0 Å². The highest BCUT2D eigenvalue weighted by Crippen LogP contribution is 2.18. The summed E-state index contributed by atoms with van der Waals surface area (Å²) in [6.07, 6.45) is 4.95. The summed E-state index contributed by atoms with van der Waals surface area (Å²) in [6.45, 7) is 4.68. The second-order valence-corrected chi connectivity index (χ2v) is 5.19. The van der Waals surface area contributed by atoms with Gasteiger partial charge in [0.1, 0.15) is 0 Å². The number of carbonyl (C=O) groups is 1. The molecule has 0 bridgehead atoms.